The van der Waals surface area contributed by atoms with Crippen molar-refractivity contribution in [3.63, 3.8) is 0 Å². The molecule has 1 aromatic heterocycles. The first kappa shape index (κ1) is 46.5. The molecule has 4 aromatic rings. The molecular weight excluding hydrogens is 821 g/mol. The number of piperazine rings is 1. The summed E-state index contributed by atoms with van der Waals surface area (Å²) < 4.78 is 18.9. The predicted octanol–water partition coefficient (Wildman–Crippen LogP) is 5.39. The molecule has 0 unspecified atom stereocenters. The molecule has 1 saturated heterocycles. The minimum atomic E-state index is -1.89. The van der Waals surface area contributed by atoms with Crippen molar-refractivity contribution < 1.29 is 44.2 Å². The Kier molecular flexibility index (Phi) is 13.0. The second kappa shape index (κ2) is 17.8. The number of amides is 1. The van der Waals surface area contributed by atoms with Crippen molar-refractivity contribution in [1.29, 1.82) is 0 Å². The van der Waals surface area contributed by atoms with Crippen LogP contribution in [-0.2, 0) is 9.53 Å². The Balaban J connectivity index is 1.45. The van der Waals surface area contributed by atoms with Crippen LogP contribution >= 0.6 is 0 Å². The summed E-state index contributed by atoms with van der Waals surface area (Å²) in [4.78, 5) is 52.0. The van der Waals surface area contributed by atoms with Gasteiger partial charge in [-0.2, -0.15) is 0 Å². The summed E-state index contributed by atoms with van der Waals surface area (Å²) in [6.45, 7) is 21.7. The zero-order chi connectivity index (χ0) is 46.7. The Hall–Kier alpha value is -5.48. The van der Waals surface area contributed by atoms with Crippen LogP contribution in [0.25, 0.3) is 38.7 Å². The molecule has 0 saturated carbocycles. The van der Waals surface area contributed by atoms with Gasteiger partial charge in [-0.05, 0) is 37.7 Å². The van der Waals surface area contributed by atoms with E-state index in [1.54, 1.807) is 45.1 Å². The number of phenols is 1. The van der Waals surface area contributed by atoms with Crippen molar-refractivity contribution in [2.75, 3.05) is 42.9 Å². The highest BCUT2D eigenvalue weighted by molar-refractivity contribution is 6.16. The second-order valence-corrected chi connectivity index (χ2v) is 18.8. The average Bonchev–Trinajstić information content (AvgIpc) is 3.52. The maximum Gasteiger partial charge on any atom is 0.307 e. The van der Waals surface area contributed by atoms with E-state index in [1.165, 1.54) is 39.2 Å². The van der Waals surface area contributed by atoms with E-state index in [-0.39, 0.29) is 66.7 Å². The number of benzene rings is 3. The van der Waals surface area contributed by atoms with Gasteiger partial charge in [0.15, 0.2) is 22.4 Å². The fourth-order valence-corrected chi connectivity index (χ4v) is 9.24. The largest absolute Gasteiger partial charge is 0.507 e. The van der Waals surface area contributed by atoms with Crippen molar-refractivity contribution in [2.24, 2.45) is 35.5 Å². The molecule has 5 heterocycles. The Bertz CT molecular complexity index is 2750. The van der Waals surface area contributed by atoms with E-state index in [0.29, 0.717) is 24.7 Å². The van der Waals surface area contributed by atoms with Crippen LogP contribution in [0.1, 0.15) is 67.9 Å². The third-order valence-corrected chi connectivity index (χ3v) is 13.7. The van der Waals surface area contributed by atoms with Gasteiger partial charge in [0.2, 0.25) is 10.9 Å². The standard InChI is InChI=1S/C49H62N4O11/c1-23(2)22-52-15-17-53(18-16-52)31-20-32(54)37-33(21-31)63-46-38(50-37)34-35-43(58)30(9)45-36(34)47(60)49(10,64-45)62-19-14-24(3)27(6)41(56)29(8)42(57)28(7)40(55)25(4)12-11-13-26(5)48(61)51-39(46)44(35)59/h11-14,19-21,23-25,27-29,40-42,55-58,60H,15-18,22H2,1-10H3,(H,51,61)/b12-11+,19-14+,26-13-/t24-,25-,27+,28+,29-,40-,41+,42+,49-/m0/s1. The van der Waals surface area contributed by atoms with Crippen molar-refractivity contribution in [3.05, 3.63) is 79.5 Å². The fraction of sp³-hybridized carbons (Fsp3) is 0.510. The van der Waals surface area contributed by atoms with E-state index in [0.717, 1.165) is 19.6 Å². The van der Waals surface area contributed by atoms with Gasteiger partial charge in [-0.25, -0.2) is 4.98 Å². The van der Waals surface area contributed by atoms with Gasteiger partial charge >= 0.3 is 5.79 Å². The molecule has 8 rings (SSSR count). The number of aromatic nitrogens is 1. The molecule has 0 spiro atoms. The molecule has 344 valence electrons. The first-order chi connectivity index (χ1) is 30.1. The molecule has 9 atom stereocenters. The number of fused-ring (bicyclic) bond motifs is 14. The highest BCUT2D eigenvalue weighted by atomic mass is 16.7. The summed E-state index contributed by atoms with van der Waals surface area (Å²) in [5.41, 5.74) is -1.11. The number of aliphatic hydroxyl groups excluding tert-OH is 4. The SMILES string of the molecule is C/C1=C/C=C/[C@H](C)[C@H](O)[C@@H](C)[C@@H](O)[C@@H](C)[C@H](O)[C@H](C)[C@@H](C)/C=C/O[C@@]2(C)Oc3c(C)c(O)c4c(=O)c(c5oc6cc(N7CCN(CC(C)C)CC7)cc(=O)c6nc5c4c3=C2O)NC1=O. The van der Waals surface area contributed by atoms with E-state index in [9.17, 15) is 39.9 Å². The smallest absolute Gasteiger partial charge is 0.307 e. The third kappa shape index (κ3) is 8.34. The molecule has 1 amide bonds. The maximum absolute atomic E-state index is 14.8. The summed E-state index contributed by atoms with van der Waals surface area (Å²) in [6, 6.07) is 3.18. The Morgan fingerprint density at radius 3 is 2.19 bits per heavy atom. The van der Waals surface area contributed by atoms with Gasteiger partial charge in [-0.3, -0.25) is 19.3 Å². The number of phenolic OH excluding ortho intramolecular Hbond substituents is 1. The number of ether oxygens (including phenoxy) is 2. The van der Waals surface area contributed by atoms with Crippen LogP contribution in [0.5, 0.6) is 11.5 Å². The topological polar surface area (TPSA) is 215 Å². The van der Waals surface area contributed by atoms with Gasteiger partial charge in [-0.1, -0.05) is 66.7 Å². The molecule has 0 aliphatic carbocycles. The van der Waals surface area contributed by atoms with Gasteiger partial charge < -0.3 is 49.6 Å². The van der Waals surface area contributed by atoms with Gasteiger partial charge in [0.1, 0.15) is 22.7 Å². The molecule has 3 aromatic carbocycles. The van der Waals surface area contributed by atoms with Crippen molar-refractivity contribution >= 4 is 56.0 Å². The lowest BCUT2D eigenvalue weighted by atomic mass is 9.77. The average molecular weight is 883 g/mol. The van der Waals surface area contributed by atoms with Crippen LogP contribution < -0.4 is 31.0 Å². The maximum atomic E-state index is 14.8. The Morgan fingerprint density at radius 1 is 0.859 bits per heavy atom. The monoisotopic (exact) mass is 882 g/mol. The Labute approximate surface area is 372 Å². The van der Waals surface area contributed by atoms with Gasteiger partial charge in [0.25, 0.3) is 5.91 Å². The number of allylic oxidation sites excluding steroid dienone is 3. The normalized spacial score (nSPS) is 30.7. The lowest BCUT2D eigenvalue weighted by Gasteiger charge is -2.36. The van der Waals surface area contributed by atoms with Crippen LogP contribution in [0.2, 0.25) is 0 Å². The number of nitrogens with one attached hydrogen (secondary N) is 1. The lowest BCUT2D eigenvalue weighted by Crippen LogP contribution is -2.47. The van der Waals surface area contributed by atoms with Crippen molar-refractivity contribution in [2.45, 2.75) is 93.3 Å². The number of aromatic hydroxyl groups is 1. The van der Waals surface area contributed by atoms with Gasteiger partial charge in [-0.15, -0.1) is 0 Å². The van der Waals surface area contributed by atoms with Crippen LogP contribution in [0.4, 0.5) is 11.4 Å². The zero-order valence-corrected chi connectivity index (χ0v) is 38.3. The summed E-state index contributed by atoms with van der Waals surface area (Å²) >= 11 is 0. The number of carbonyl (C=O) groups excluding carboxylic acids is 1. The van der Waals surface area contributed by atoms with Crippen molar-refractivity contribution in [1.82, 2.24) is 9.88 Å². The predicted molar refractivity (Wildman–Crippen MR) is 247 cm³/mol. The number of nitrogens with zero attached hydrogens (tertiary/aromatic N) is 3. The molecule has 4 aliphatic heterocycles. The van der Waals surface area contributed by atoms with E-state index in [4.69, 9.17) is 18.9 Å². The van der Waals surface area contributed by atoms with Crippen LogP contribution in [0, 0.1) is 42.4 Å². The number of aliphatic hydroxyl groups is 4. The number of hydrogen-bond acceptors (Lipinski definition) is 14. The van der Waals surface area contributed by atoms with Crippen LogP contribution in [-0.4, -0.2) is 98.1 Å². The molecule has 5 bridgehead atoms. The molecule has 4 aliphatic rings. The number of rotatable bonds is 3. The summed E-state index contributed by atoms with van der Waals surface area (Å²) in [7, 11) is 0. The third-order valence-electron chi connectivity index (χ3n) is 13.7. The summed E-state index contributed by atoms with van der Waals surface area (Å²) in [5.74, 6) is -5.49. The van der Waals surface area contributed by atoms with Gasteiger partial charge in [0.05, 0.1) is 35.2 Å². The summed E-state index contributed by atoms with van der Waals surface area (Å²) in [5, 5.41) is 60.2. The van der Waals surface area contributed by atoms with E-state index < -0.39 is 76.0 Å². The molecule has 0 radical (unpaired) electrons. The summed E-state index contributed by atoms with van der Waals surface area (Å²) in [6.07, 6.45) is 4.77. The fourth-order valence-electron chi connectivity index (χ4n) is 9.24. The highest BCUT2D eigenvalue weighted by Gasteiger charge is 2.44. The molecular formula is C49H62N4O11. The first-order valence-corrected chi connectivity index (χ1v) is 22.2. The zero-order valence-electron chi connectivity index (χ0n) is 38.3. The first-order valence-electron chi connectivity index (χ1n) is 22.2. The molecule has 1 fully saturated rings. The van der Waals surface area contributed by atoms with Gasteiger partial charge in [0, 0.05) is 91.7 Å². The minimum absolute atomic E-state index is 0.00615. The lowest BCUT2D eigenvalue weighted by molar-refractivity contribution is -0.112. The highest BCUT2D eigenvalue weighted by Crippen LogP contribution is 2.42. The molecule has 64 heavy (non-hydrogen) atoms. The second-order valence-electron chi connectivity index (χ2n) is 18.8. The van der Waals surface area contributed by atoms with E-state index >= 15 is 0 Å². The molecule has 15 nitrogen and oxygen atoms in total. The quantitative estimate of drug-likeness (QED) is 0.113. The van der Waals surface area contributed by atoms with E-state index in [2.05, 4.69) is 29.0 Å². The van der Waals surface area contributed by atoms with Crippen molar-refractivity contribution in [3.8, 4) is 11.5 Å². The Morgan fingerprint density at radius 2 is 1.52 bits per heavy atom. The van der Waals surface area contributed by atoms with Crippen LogP contribution in [0.3, 0.4) is 0 Å². The minimum Gasteiger partial charge on any atom is -0.507 e. The molecule has 6 N–H and O–H groups in total. The van der Waals surface area contributed by atoms with E-state index in [1.807, 2.05) is 13.8 Å². The number of hydrogen-bond donors (Lipinski definition) is 6. The molecule has 15 heteroatoms. The van der Waals surface area contributed by atoms with Crippen LogP contribution in [0.15, 0.2) is 62.3 Å². The number of carbonyl (C=O) groups is 1. The number of anilines is 2.